The first-order valence-corrected chi connectivity index (χ1v) is 9.76. The Kier molecular flexibility index (Phi) is 6.35. The van der Waals surface area contributed by atoms with Crippen LogP contribution in [0.2, 0.25) is 0 Å². The van der Waals surface area contributed by atoms with Crippen LogP contribution in [0.3, 0.4) is 0 Å². The third kappa shape index (κ3) is 5.80. The van der Waals surface area contributed by atoms with Crippen LogP contribution >= 0.6 is 0 Å². The fraction of sp³-hybridized carbons (Fsp3) is 0.250. The fourth-order valence-electron chi connectivity index (χ4n) is 3.04. The van der Waals surface area contributed by atoms with Crippen molar-refractivity contribution < 1.29 is 13.9 Å². The molecule has 1 aromatic heterocycles. The van der Waals surface area contributed by atoms with Crippen molar-refractivity contribution in [1.29, 1.82) is 0 Å². The molecule has 0 saturated heterocycles. The van der Waals surface area contributed by atoms with E-state index in [1.54, 1.807) is 0 Å². The molecule has 0 atom stereocenters. The van der Waals surface area contributed by atoms with E-state index in [0.29, 0.717) is 6.54 Å². The summed E-state index contributed by atoms with van der Waals surface area (Å²) in [4.78, 5) is 15.7. The van der Waals surface area contributed by atoms with Gasteiger partial charge in [0.2, 0.25) is 5.95 Å². The fourth-order valence-corrected chi connectivity index (χ4v) is 3.04. The Morgan fingerprint density at radius 2 is 1.77 bits per heavy atom. The molecule has 0 unspecified atom stereocenters. The number of ether oxygens (including phenoxy) is 1. The van der Waals surface area contributed by atoms with Gasteiger partial charge in [0, 0.05) is 6.54 Å². The molecule has 0 aliphatic carbocycles. The Morgan fingerprint density at radius 1 is 1.07 bits per heavy atom. The Labute approximate surface area is 176 Å². The average Bonchev–Trinajstić information content (AvgIpc) is 2.67. The number of para-hydroxylation sites is 1. The van der Waals surface area contributed by atoms with Crippen molar-refractivity contribution in [2.24, 2.45) is 5.41 Å². The summed E-state index contributed by atoms with van der Waals surface area (Å²) in [7, 11) is 0. The summed E-state index contributed by atoms with van der Waals surface area (Å²) in [6, 6.07) is 17.9. The lowest BCUT2D eigenvalue weighted by molar-refractivity contribution is 0.0951. The number of nitrogens with one attached hydrogen (secondary N) is 1. The molecule has 156 valence electrons. The van der Waals surface area contributed by atoms with Crippen LogP contribution in [0.1, 0.15) is 42.3 Å². The molecule has 1 amide bonds. The van der Waals surface area contributed by atoms with E-state index in [2.05, 4.69) is 37.1 Å². The van der Waals surface area contributed by atoms with Gasteiger partial charge in [-0.25, -0.2) is 4.98 Å². The lowest BCUT2D eigenvalue weighted by Gasteiger charge is -2.20. The number of hydrogen-bond donors (Lipinski definition) is 2. The van der Waals surface area contributed by atoms with Gasteiger partial charge in [-0.1, -0.05) is 51.1 Å². The second-order valence-corrected chi connectivity index (χ2v) is 8.34. The van der Waals surface area contributed by atoms with E-state index >= 15 is 0 Å². The van der Waals surface area contributed by atoms with Crippen LogP contribution in [0.25, 0.3) is 0 Å². The number of amides is 1. The van der Waals surface area contributed by atoms with Crippen molar-refractivity contribution in [2.45, 2.75) is 33.7 Å². The first kappa shape index (κ1) is 21.3. The number of hydrogen-bond acceptors (Lipinski definition) is 4. The summed E-state index contributed by atoms with van der Waals surface area (Å²) in [6.07, 6.45) is 0.911. The van der Waals surface area contributed by atoms with E-state index in [0.717, 1.165) is 35.1 Å². The van der Waals surface area contributed by atoms with Gasteiger partial charge < -0.3 is 15.8 Å². The number of nitrogens with zero attached hydrogens (tertiary/aromatic N) is 1. The monoisotopic (exact) mass is 407 g/mol. The number of nitrogens with two attached hydrogens (primary N) is 1. The molecule has 5 nitrogen and oxygen atoms in total. The van der Waals surface area contributed by atoms with Gasteiger partial charge in [-0.3, -0.25) is 4.79 Å². The minimum Gasteiger partial charge on any atom is -0.457 e. The lowest BCUT2D eigenvalue weighted by atomic mass is 9.88. The normalized spacial score (nSPS) is 11.2. The Hall–Kier alpha value is -3.41. The van der Waals surface area contributed by atoms with Crippen molar-refractivity contribution in [1.82, 2.24) is 10.3 Å². The highest BCUT2D eigenvalue weighted by Crippen LogP contribution is 2.30. The summed E-state index contributed by atoms with van der Waals surface area (Å²) < 4.78 is 19.1. The smallest absolute Gasteiger partial charge is 0.255 e. The molecule has 0 aliphatic heterocycles. The number of carbonyl (C=O) groups is 1. The second-order valence-electron chi connectivity index (χ2n) is 8.34. The maximum atomic E-state index is 13.0. The van der Waals surface area contributed by atoms with Gasteiger partial charge in [-0.15, -0.1) is 0 Å². The highest BCUT2D eigenvalue weighted by Gasteiger charge is 2.15. The zero-order valence-corrected chi connectivity index (χ0v) is 17.4. The summed E-state index contributed by atoms with van der Waals surface area (Å²) in [5, 5.41) is 2.76. The molecule has 0 bridgehead atoms. The van der Waals surface area contributed by atoms with E-state index in [4.69, 9.17) is 10.5 Å². The number of benzene rings is 2. The lowest BCUT2D eigenvalue weighted by Crippen LogP contribution is -2.24. The third-order valence-electron chi connectivity index (χ3n) is 4.43. The number of anilines is 1. The van der Waals surface area contributed by atoms with Gasteiger partial charge in [0.15, 0.2) is 0 Å². The van der Waals surface area contributed by atoms with Gasteiger partial charge in [-0.2, -0.15) is 4.39 Å². The standard InChI is InChI=1S/C24H26FN3O2/c1-24(2,3)14-17-6-4-5-7-20(17)30-18-10-8-16(9-11-18)15-27-23(29)19-12-13-21(25)28-22(19)26/h4-13H,14-15H2,1-3H3,(H2,26,28)(H,27,29). The number of nitrogen functional groups attached to an aromatic ring is 1. The summed E-state index contributed by atoms with van der Waals surface area (Å²) in [6.45, 7) is 6.89. The van der Waals surface area contributed by atoms with Crippen LogP contribution in [0, 0.1) is 11.4 Å². The molecule has 0 fully saturated rings. The van der Waals surface area contributed by atoms with Crippen LogP contribution in [0.5, 0.6) is 11.5 Å². The maximum Gasteiger partial charge on any atom is 0.255 e. The second kappa shape index (κ2) is 8.95. The van der Waals surface area contributed by atoms with Gasteiger partial charge in [0.05, 0.1) is 5.56 Å². The van der Waals surface area contributed by atoms with E-state index < -0.39 is 11.9 Å². The topological polar surface area (TPSA) is 77.2 Å². The van der Waals surface area contributed by atoms with Crippen molar-refractivity contribution in [3.63, 3.8) is 0 Å². The summed E-state index contributed by atoms with van der Waals surface area (Å²) in [5.74, 6) is 0.302. The molecular formula is C24H26FN3O2. The SMILES string of the molecule is CC(C)(C)Cc1ccccc1Oc1ccc(CNC(=O)c2ccc(F)nc2N)cc1. The number of carbonyl (C=O) groups excluding carboxylic acids is 1. The zero-order valence-electron chi connectivity index (χ0n) is 17.4. The van der Waals surface area contributed by atoms with Gasteiger partial charge in [0.1, 0.15) is 17.3 Å². The number of pyridine rings is 1. The predicted octanol–water partition coefficient (Wildman–Crippen LogP) is 5.11. The predicted molar refractivity (Wildman–Crippen MR) is 116 cm³/mol. The Balaban J connectivity index is 1.63. The van der Waals surface area contributed by atoms with Crippen LogP contribution in [-0.4, -0.2) is 10.9 Å². The first-order chi connectivity index (χ1) is 14.2. The Bertz CT molecular complexity index is 1030. The molecule has 30 heavy (non-hydrogen) atoms. The molecule has 6 heteroatoms. The Morgan fingerprint density at radius 3 is 2.43 bits per heavy atom. The highest BCUT2D eigenvalue weighted by molar-refractivity contribution is 5.98. The van der Waals surface area contributed by atoms with Crippen molar-refractivity contribution >= 4 is 11.7 Å². The minimum absolute atomic E-state index is 0.134. The van der Waals surface area contributed by atoms with Crippen LogP contribution in [0.15, 0.2) is 60.7 Å². The molecule has 3 rings (SSSR count). The number of halogens is 1. The molecule has 1 heterocycles. The largest absolute Gasteiger partial charge is 0.457 e. The molecule has 0 spiro atoms. The van der Waals surface area contributed by atoms with E-state index in [-0.39, 0.29) is 16.8 Å². The van der Waals surface area contributed by atoms with Crippen molar-refractivity contribution in [2.75, 3.05) is 5.73 Å². The summed E-state index contributed by atoms with van der Waals surface area (Å²) >= 11 is 0. The molecular weight excluding hydrogens is 381 g/mol. The molecule has 3 N–H and O–H groups in total. The zero-order chi connectivity index (χ0) is 21.7. The van der Waals surface area contributed by atoms with Crippen molar-refractivity contribution in [3.8, 4) is 11.5 Å². The van der Waals surface area contributed by atoms with Gasteiger partial charge in [0.25, 0.3) is 5.91 Å². The quantitative estimate of drug-likeness (QED) is 0.557. The first-order valence-electron chi connectivity index (χ1n) is 9.76. The third-order valence-corrected chi connectivity index (χ3v) is 4.43. The molecule has 0 saturated carbocycles. The number of rotatable bonds is 6. The maximum absolute atomic E-state index is 13.0. The molecule has 0 radical (unpaired) electrons. The van der Waals surface area contributed by atoms with Crippen LogP contribution < -0.4 is 15.8 Å². The van der Waals surface area contributed by atoms with E-state index in [1.165, 1.54) is 6.07 Å². The van der Waals surface area contributed by atoms with Crippen LogP contribution in [-0.2, 0) is 13.0 Å². The van der Waals surface area contributed by atoms with Gasteiger partial charge in [-0.05, 0) is 53.3 Å². The average molecular weight is 407 g/mol. The molecule has 0 aliphatic rings. The van der Waals surface area contributed by atoms with Crippen LogP contribution in [0.4, 0.5) is 10.2 Å². The minimum atomic E-state index is -0.719. The molecule has 2 aromatic carbocycles. The van der Waals surface area contributed by atoms with E-state index in [9.17, 15) is 9.18 Å². The van der Waals surface area contributed by atoms with Gasteiger partial charge >= 0.3 is 0 Å². The summed E-state index contributed by atoms with van der Waals surface area (Å²) in [5.41, 5.74) is 7.96. The molecule has 3 aromatic rings. The van der Waals surface area contributed by atoms with Crippen molar-refractivity contribution in [3.05, 3.63) is 83.3 Å². The highest BCUT2D eigenvalue weighted by atomic mass is 19.1. The number of aromatic nitrogens is 1. The van der Waals surface area contributed by atoms with E-state index in [1.807, 2.05) is 42.5 Å².